The molecule has 16 heavy (non-hydrogen) atoms. The number of carbonyl (C=O) groups is 1. The molecule has 1 heterocycles. The molecule has 0 N–H and O–H groups in total. The van der Waals surface area contributed by atoms with E-state index in [9.17, 15) is 9.59 Å². The van der Waals surface area contributed by atoms with Crippen molar-refractivity contribution in [1.29, 1.82) is 0 Å². The second-order valence-electron chi connectivity index (χ2n) is 4.11. The quantitative estimate of drug-likeness (QED) is 0.683. The number of benzene rings is 1. The highest BCUT2D eigenvalue weighted by Crippen LogP contribution is 2.26. The van der Waals surface area contributed by atoms with Crippen LogP contribution in [0.1, 0.15) is 27.9 Å². The first-order chi connectivity index (χ1) is 7.79. The monoisotopic (exact) mass is 214 g/mol. The first-order valence-electron chi connectivity index (χ1n) is 5.32. The van der Waals surface area contributed by atoms with Crippen molar-refractivity contribution >= 4 is 17.3 Å². The molecule has 0 saturated heterocycles. The Bertz CT molecular complexity index is 637. The number of hydrogen-bond acceptors (Lipinski definition) is 3. The average Bonchev–Trinajstić information content (AvgIpc) is 2.74. The molecule has 0 bridgehead atoms. The first-order valence-corrected chi connectivity index (χ1v) is 5.32. The van der Waals surface area contributed by atoms with E-state index in [1.165, 1.54) is 17.4 Å². The highest BCUT2D eigenvalue weighted by molar-refractivity contribution is 5.85. The summed E-state index contributed by atoms with van der Waals surface area (Å²) in [7, 11) is 0. The van der Waals surface area contributed by atoms with Gasteiger partial charge in [-0.3, -0.25) is 9.59 Å². The van der Waals surface area contributed by atoms with Crippen molar-refractivity contribution in [3.8, 4) is 0 Å². The molecule has 3 heteroatoms. The summed E-state index contributed by atoms with van der Waals surface area (Å²) in [6.45, 7) is 0. The molecule has 1 aromatic carbocycles. The van der Waals surface area contributed by atoms with Gasteiger partial charge in [0.05, 0.1) is 10.9 Å². The summed E-state index contributed by atoms with van der Waals surface area (Å²) in [5.74, 6) is 0. The SMILES string of the molecule is O=Cc1coc2cc3c(cc2c1=O)CCC3. The number of aldehydes is 1. The summed E-state index contributed by atoms with van der Waals surface area (Å²) in [5, 5.41) is 0.519. The number of aryl methyl sites for hydroxylation is 2. The van der Waals surface area contributed by atoms with Gasteiger partial charge in [0.2, 0.25) is 5.43 Å². The Labute approximate surface area is 91.7 Å². The van der Waals surface area contributed by atoms with Gasteiger partial charge in [-0.05, 0) is 42.5 Å². The maximum Gasteiger partial charge on any atom is 0.203 e. The molecular weight excluding hydrogens is 204 g/mol. The second kappa shape index (κ2) is 3.30. The fourth-order valence-electron chi connectivity index (χ4n) is 2.29. The topological polar surface area (TPSA) is 47.3 Å². The Morgan fingerprint density at radius 3 is 2.69 bits per heavy atom. The van der Waals surface area contributed by atoms with Gasteiger partial charge in [0.15, 0.2) is 6.29 Å². The number of hydrogen-bond donors (Lipinski definition) is 0. The standard InChI is InChI=1S/C13H10O3/c14-6-10-7-16-12-5-9-3-1-2-8(9)4-11(12)13(10)15/h4-7H,1-3H2. The highest BCUT2D eigenvalue weighted by Gasteiger charge is 2.14. The van der Waals surface area contributed by atoms with Crippen LogP contribution in [0.3, 0.4) is 0 Å². The number of fused-ring (bicyclic) bond motifs is 2. The van der Waals surface area contributed by atoms with Crippen LogP contribution < -0.4 is 5.43 Å². The Balaban J connectivity index is 2.40. The van der Waals surface area contributed by atoms with Gasteiger partial charge in [0.1, 0.15) is 11.8 Å². The molecule has 1 aromatic heterocycles. The van der Waals surface area contributed by atoms with Crippen molar-refractivity contribution in [3.63, 3.8) is 0 Å². The molecule has 0 spiro atoms. The summed E-state index contributed by atoms with van der Waals surface area (Å²) in [6, 6.07) is 3.80. The minimum Gasteiger partial charge on any atom is -0.463 e. The van der Waals surface area contributed by atoms with Crippen molar-refractivity contribution in [1.82, 2.24) is 0 Å². The van der Waals surface area contributed by atoms with E-state index < -0.39 is 0 Å². The Hall–Kier alpha value is -1.90. The predicted molar refractivity (Wildman–Crippen MR) is 59.9 cm³/mol. The molecule has 3 nitrogen and oxygen atoms in total. The van der Waals surface area contributed by atoms with Gasteiger partial charge in [0, 0.05) is 0 Å². The van der Waals surface area contributed by atoms with Crippen LogP contribution in [0.2, 0.25) is 0 Å². The van der Waals surface area contributed by atoms with Crippen molar-refractivity contribution in [2.75, 3.05) is 0 Å². The third kappa shape index (κ3) is 1.21. The van der Waals surface area contributed by atoms with E-state index >= 15 is 0 Å². The van der Waals surface area contributed by atoms with Gasteiger partial charge in [-0.25, -0.2) is 0 Å². The zero-order valence-corrected chi connectivity index (χ0v) is 8.66. The van der Waals surface area contributed by atoms with Gasteiger partial charge < -0.3 is 4.42 Å². The molecule has 2 aromatic rings. The molecule has 0 radical (unpaired) electrons. The largest absolute Gasteiger partial charge is 0.463 e. The lowest BCUT2D eigenvalue weighted by atomic mass is 10.1. The second-order valence-corrected chi connectivity index (χ2v) is 4.11. The Morgan fingerprint density at radius 1 is 1.19 bits per heavy atom. The third-order valence-corrected chi connectivity index (χ3v) is 3.14. The summed E-state index contributed by atoms with van der Waals surface area (Å²) < 4.78 is 5.31. The summed E-state index contributed by atoms with van der Waals surface area (Å²) in [4.78, 5) is 22.5. The molecule has 0 aliphatic heterocycles. The fraction of sp³-hybridized carbons (Fsp3) is 0.231. The van der Waals surface area contributed by atoms with Crippen molar-refractivity contribution in [2.45, 2.75) is 19.3 Å². The smallest absolute Gasteiger partial charge is 0.203 e. The van der Waals surface area contributed by atoms with Gasteiger partial charge in [0.25, 0.3) is 0 Å². The van der Waals surface area contributed by atoms with E-state index in [2.05, 4.69) is 0 Å². The van der Waals surface area contributed by atoms with Crippen LogP contribution in [0.15, 0.2) is 27.6 Å². The minimum absolute atomic E-state index is 0.0884. The van der Waals surface area contributed by atoms with Gasteiger partial charge in [-0.1, -0.05) is 0 Å². The maximum absolute atomic E-state index is 11.9. The first kappa shape index (κ1) is 9.33. The van der Waals surface area contributed by atoms with Crippen LogP contribution in [0.5, 0.6) is 0 Å². The van der Waals surface area contributed by atoms with Crippen LogP contribution in [-0.4, -0.2) is 6.29 Å². The molecule has 1 aliphatic carbocycles. The zero-order valence-electron chi connectivity index (χ0n) is 8.66. The normalized spacial score (nSPS) is 14.0. The van der Waals surface area contributed by atoms with E-state index in [1.807, 2.05) is 12.1 Å². The molecule has 0 fully saturated rings. The number of carbonyl (C=O) groups excluding carboxylic acids is 1. The molecular formula is C13H10O3. The highest BCUT2D eigenvalue weighted by atomic mass is 16.3. The van der Waals surface area contributed by atoms with Crippen LogP contribution in [0.25, 0.3) is 11.0 Å². The van der Waals surface area contributed by atoms with Crippen molar-refractivity contribution in [3.05, 3.63) is 45.3 Å². The maximum atomic E-state index is 11.9. The molecule has 80 valence electrons. The zero-order chi connectivity index (χ0) is 11.1. The van der Waals surface area contributed by atoms with Crippen molar-refractivity contribution < 1.29 is 9.21 Å². The van der Waals surface area contributed by atoms with Gasteiger partial charge >= 0.3 is 0 Å². The molecule has 0 atom stereocenters. The van der Waals surface area contributed by atoms with Crippen LogP contribution >= 0.6 is 0 Å². The lowest BCUT2D eigenvalue weighted by molar-refractivity contribution is 0.112. The van der Waals surface area contributed by atoms with Crippen LogP contribution in [-0.2, 0) is 12.8 Å². The minimum atomic E-state index is -0.231. The van der Waals surface area contributed by atoms with E-state index in [0.717, 1.165) is 19.3 Å². The predicted octanol–water partition coefficient (Wildman–Crippen LogP) is 2.09. The van der Waals surface area contributed by atoms with Crippen LogP contribution in [0, 0.1) is 0 Å². The molecule has 0 saturated carbocycles. The lowest BCUT2D eigenvalue weighted by Gasteiger charge is -2.02. The summed E-state index contributed by atoms with van der Waals surface area (Å²) in [5.41, 5.74) is 2.91. The van der Waals surface area contributed by atoms with Crippen LogP contribution in [0.4, 0.5) is 0 Å². The number of rotatable bonds is 1. The van der Waals surface area contributed by atoms with Gasteiger partial charge in [-0.2, -0.15) is 0 Å². The van der Waals surface area contributed by atoms with E-state index in [0.29, 0.717) is 17.3 Å². The van der Waals surface area contributed by atoms with Gasteiger partial charge in [-0.15, -0.1) is 0 Å². The summed E-state index contributed by atoms with van der Waals surface area (Å²) >= 11 is 0. The van der Waals surface area contributed by atoms with Crippen molar-refractivity contribution in [2.24, 2.45) is 0 Å². The average molecular weight is 214 g/mol. The Morgan fingerprint density at radius 2 is 1.94 bits per heavy atom. The lowest BCUT2D eigenvalue weighted by Crippen LogP contribution is -2.08. The van der Waals surface area contributed by atoms with E-state index in [-0.39, 0.29) is 11.0 Å². The summed E-state index contributed by atoms with van der Waals surface area (Å²) in [6.07, 6.45) is 4.96. The van der Waals surface area contributed by atoms with E-state index in [1.54, 1.807) is 0 Å². The fourth-order valence-corrected chi connectivity index (χ4v) is 2.29. The van der Waals surface area contributed by atoms with E-state index in [4.69, 9.17) is 4.42 Å². The third-order valence-electron chi connectivity index (χ3n) is 3.14. The molecule has 3 rings (SSSR count). The Kier molecular flexibility index (Phi) is 1.93. The molecule has 0 amide bonds. The molecule has 1 aliphatic rings. The molecule has 0 unspecified atom stereocenters.